The van der Waals surface area contributed by atoms with E-state index in [0.29, 0.717) is 5.41 Å². The maximum Gasteiger partial charge on any atom is 0.0254 e. The van der Waals surface area contributed by atoms with Crippen molar-refractivity contribution in [3.05, 3.63) is 0 Å². The molecule has 2 rings (SSSR count). The normalized spacial score (nSPS) is 37.0. The molecule has 0 radical (unpaired) electrons. The van der Waals surface area contributed by atoms with Crippen LogP contribution in [0.1, 0.15) is 59.3 Å². The fourth-order valence-electron chi connectivity index (χ4n) is 4.08. The first-order valence-corrected chi connectivity index (χ1v) is 7.97. The quantitative estimate of drug-likeness (QED) is 0.826. The predicted octanol–water partition coefficient (Wildman–Crippen LogP) is 3.28. The van der Waals surface area contributed by atoms with Gasteiger partial charge in [-0.2, -0.15) is 0 Å². The lowest BCUT2D eigenvalue weighted by Gasteiger charge is -2.45. The van der Waals surface area contributed by atoms with Crippen molar-refractivity contribution in [2.75, 3.05) is 20.1 Å². The van der Waals surface area contributed by atoms with E-state index in [-0.39, 0.29) is 0 Å². The molecule has 106 valence electrons. The zero-order valence-electron chi connectivity index (χ0n) is 12.8. The third kappa shape index (κ3) is 3.27. The van der Waals surface area contributed by atoms with Crippen molar-refractivity contribution in [2.24, 2.45) is 11.3 Å². The van der Waals surface area contributed by atoms with E-state index in [2.05, 4.69) is 38.0 Å². The van der Waals surface area contributed by atoms with Crippen LogP contribution < -0.4 is 5.32 Å². The molecule has 0 aromatic heterocycles. The molecule has 1 heterocycles. The molecule has 0 spiro atoms. The Labute approximate surface area is 114 Å². The fourth-order valence-corrected chi connectivity index (χ4v) is 4.08. The van der Waals surface area contributed by atoms with E-state index in [9.17, 15) is 0 Å². The van der Waals surface area contributed by atoms with Crippen LogP contribution in [0.5, 0.6) is 0 Å². The molecule has 3 unspecified atom stereocenters. The highest BCUT2D eigenvalue weighted by Crippen LogP contribution is 2.39. The summed E-state index contributed by atoms with van der Waals surface area (Å²) < 4.78 is 0. The minimum absolute atomic E-state index is 0.543. The average molecular weight is 252 g/mol. The second-order valence-corrected chi connectivity index (χ2v) is 7.31. The maximum absolute atomic E-state index is 3.57. The van der Waals surface area contributed by atoms with Crippen LogP contribution >= 0.6 is 0 Å². The van der Waals surface area contributed by atoms with Crippen molar-refractivity contribution in [2.45, 2.75) is 71.4 Å². The van der Waals surface area contributed by atoms with Crippen LogP contribution in [0, 0.1) is 11.3 Å². The lowest BCUT2D eigenvalue weighted by molar-refractivity contribution is 0.0809. The molecule has 1 aliphatic carbocycles. The largest absolute Gasteiger partial charge is 0.315 e. The summed E-state index contributed by atoms with van der Waals surface area (Å²) in [5.41, 5.74) is 0.543. The molecule has 0 bridgehead atoms. The van der Waals surface area contributed by atoms with E-state index in [1.807, 2.05) is 0 Å². The SMILES string of the molecule is CCCC1CCN(C2CC(C)(C)CCC2NC)C1. The molecule has 1 saturated heterocycles. The first-order valence-electron chi connectivity index (χ1n) is 7.97. The highest BCUT2D eigenvalue weighted by atomic mass is 15.2. The Hall–Kier alpha value is -0.0800. The minimum atomic E-state index is 0.543. The zero-order chi connectivity index (χ0) is 13.2. The number of hydrogen-bond donors (Lipinski definition) is 1. The first-order chi connectivity index (χ1) is 8.55. The summed E-state index contributed by atoms with van der Waals surface area (Å²) in [6, 6.07) is 1.50. The van der Waals surface area contributed by atoms with Gasteiger partial charge in [0, 0.05) is 18.6 Å². The molecule has 0 aromatic carbocycles. The van der Waals surface area contributed by atoms with Crippen LogP contribution in [-0.2, 0) is 0 Å². The van der Waals surface area contributed by atoms with Gasteiger partial charge in [0.25, 0.3) is 0 Å². The van der Waals surface area contributed by atoms with E-state index in [1.54, 1.807) is 0 Å². The lowest BCUT2D eigenvalue weighted by atomic mass is 9.72. The van der Waals surface area contributed by atoms with Gasteiger partial charge < -0.3 is 5.32 Å². The molecule has 3 atom stereocenters. The molecular weight excluding hydrogens is 220 g/mol. The second kappa shape index (κ2) is 5.92. The summed E-state index contributed by atoms with van der Waals surface area (Å²) in [5.74, 6) is 0.970. The van der Waals surface area contributed by atoms with Crippen molar-refractivity contribution < 1.29 is 0 Å². The van der Waals surface area contributed by atoms with Crippen molar-refractivity contribution in [3.63, 3.8) is 0 Å². The Morgan fingerprint density at radius 3 is 2.72 bits per heavy atom. The Balaban J connectivity index is 1.96. The van der Waals surface area contributed by atoms with Crippen molar-refractivity contribution in [1.82, 2.24) is 10.2 Å². The molecule has 0 aromatic rings. The second-order valence-electron chi connectivity index (χ2n) is 7.31. The van der Waals surface area contributed by atoms with Crippen molar-refractivity contribution >= 4 is 0 Å². The van der Waals surface area contributed by atoms with E-state index in [4.69, 9.17) is 0 Å². The van der Waals surface area contributed by atoms with Crippen LogP contribution in [0.3, 0.4) is 0 Å². The molecule has 2 nitrogen and oxygen atoms in total. The summed E-state index contributed by atoms with van der Waals surface area (Å²) >= 11 is 0. The predicted molar refractivity (Wildman–Crippen MR) is 78.9 cm³/mol. The number of likely N-dealkylation sites (N-methyl/N-ethyl adjacent to an activating group) is 1. The Morgan fingerprint density at radius 2 is 2.06 bits per heavy atom. The van der Waals surface area contributed by atoms with Gasteiger partial charge in [0.15, 0.2) is 0 Å². The minimum Gasteiger partial charge on any atom is -0.315 e. The van der Waals surface area contributed by atoms with Crippen molar-refractivity contribution in [3.8, 4) is 0 Å². The Bertz CT molecular complexity index is 262. The fraction of sp³-hybridized carbons (Fsp3) is 1.00. The van der Waals surface area contributed by atoms with Gasteiger partial charge in [0.2, 0.25) is 0 Å². The molecular formula is C16H32N2. The number of likely N-dealkylation sites (tertiary alicyclic amines) is 1. The Kier molecular flexibility index (Phi) is 4.71. The molecule has 1 aliphatic heterocycles. The molecule has 1 saturated carbocycles. The van der Waals surface area contributed by atoms with Gasteiger partial charge in [0.05, 0.1) is 0 Å². The summed E-state index contributed by atoms with van der Waals surface area (Å²) in [7, 11) is 2.15. The van der Waals surface area contributed by atoms with Gasteiger partial charge >= 0.3 is 0 Å². The Morgan fingerprint density at radius 1 is 1.28 bits per heavy atom. The molecule has 0 amide bonds. The first kappa shape index (κ1) is 14.3. The monoisotopic (exact) mass is 252 g/mol. The molecule has 18 heavy (non-hydrogen) atoms. The molecule has 1 N–H and O–H groups in total. The number of nitrogens with one attached hydrogen (secondary N) is 1. The third-order valence-electron chi connectivity index (χ3n) is 5.21. The maximum atomic E-state index is 3.57. The van der Waals surface area contributed by atoms with Crippen LogP contribution in [-0.4, -0.2) is 37.1 Å². The summed E-state index contributed by atoms with van der Waals surface area (Å²) in [6.07, 6.45) is 8.31. The van der Waals surface area contributed by atoms with Gasteiger partial charge in [-0.25, -0.2) is 0 Å². The molecule has 2 fully saturated rings. The van der Waals surface area contributed by atoms with E-state index >= 15 is 0 Å². The molecule has 2 heteroatoms. The summed E-state index contributed by atoms with van der Waals surface area (Å²) in [5, 5.41) is 3.57. The van der Waals surface area contributed by atoms with Gasteiger partial charge in [-0.1, -0.05) is 27.2 Å². The highest BCUT2D eigenvalue weighted by molar-refractivity contribution is 4.96. The van der Waals surface area contributed by atoms with E-state index in [1.165, 1.54) is 51.6 Å². The topological polar surface area (TPSA) is 15.3 Å². The molecule has 2 aliphatic rings. The van der Waals surface area contributed by atoms with Crippen LogP contribution in [0.25, 0.3) is 0 Å². The van der Waals surface area contributed by atoms with E-state index < -0.39 is 0 Å². The average Bonchev–Trinajstić information content (AvgIpc) is 2.77. The van der Waals surface area contributed by atoms with Gasteiger partial charge in [-0.05, 0) is 57.0 Å². The van der Waals surface area contributed by atoms with Crippen LogP contribution in [0.2, 0.25) is 0 Å². The van der Waals surface area contributed by atoms with Crippen LogP contribution in [0.15, 0.2) is 0 Å². The van der Waals surface area contributed by atoms with Gasteiger partial charge in [-0.15, -0.1) is 0 Å². The van der Waals surface area contributed by atoms with Crippen LogP contribution in [0.4, 0.5) is 0 Å². The van der Waals surface area contributed by atoms with E-state index in [0.717, 1.165) is 18.0 Å². The van der Waals surface area contributed by atoms with Gasteiger partial charge in [-0.3, -0.25) is 4.90 Å². The highest BCUT2D eigenvalue weighted by Gasteiger charge is 2.39. The number of rotatable bonds is 4. The number of hydrogen-bond acceptors (Lipinski definition) is 2. The summed E-state index contributed by atoms with van der Waals surface area (Å²) in [6.45, 7) is 9.91. The number of nitrogens with zero attached hydrogens (tertiary/aromatic N) is 1. The smallest absolute Gasteiger partial charge is 0.0254 e. The summed E-state index contributed by atoms with van der Waals surface area (Å²) in [4.78, 5) is 2.79. The standard InChI is InChI=1S/C16H32N2/c1-5-6-13-8-10-18(12-13)15-11-16(2,3)9-7-14(15)17-4/h13-15,17H,5-12H2,1-4H3. The van der Waals surface area contributed by atoms with Crippen molar-refractivity contribution in [1.29, 1.82) is 0 Å². The van der Waals surface area contributed by atoms with Gasteiger partial charge in [0.1, 0.15) is 0 Å². The lowest BCUT2D eigenvalue weighted by Crippen LogP contribution is -2.53. The third-order valence-corrected chi connectivity index (χ3v) is 5.21. The zero-order valence-corrected chi connectivity index (χ0v) is 12.8.